The van der Waals surface area contributed by atoms with Crippen LogP contribution in [0.4, 0.5) is 9.52 Å². The standard InChI is InChI=1S/C21H17FN4O2S2/c1-12-3-2-4-16-19(12)26-21(30-16)25-18(28)10-15-9-17(27)24-20(23-15)29-11-13-5-7-14(22)8-6-13/h2-9H,10-11H2,1H3,(H,23,24,27)(H,25,26,28). The number of amides is 1. The zero-order chi connectivity index (χ0) is 21.1. The maximum absolute atomic E-state index is 13.0. The largest absolute Gasteiger partial charge is 0.302 e. The van der Waals surface area contributed by atoms with E-state index in [2.05, 4.69) is 20.3 Å². The summed E-state index contributed by atoms with van der Waals surface area (Å²) in [6.07, 6.45) is -0.0388. The molecule has 0 radical (unpaired) electrons. The molecule has 30 heavy (non-hydrogen) atoms. The number of rotatable bonds is 6. The van der Waals surface area contributed by atoms with E-state index in [0.717, 1.165) is 21.3 Å². The summed E-state index contributed by atoms with van der Waals surface area (Å²) in [4.78, 5) is 35.9. The van der Waals surface area contributed by atoms with Crippen molar-refractivity contribution in [2.24, 2.45) is 0 Å². The van der Waals surface area contributed by atoms with Gasteiger partial charge in [-0.1, -0.05) is 47.4 Å². The number of aromatic amines is 1. The number of aryl methyl sites for hydroxylation is 1. The van der Waals surface area contributed by atoms with E-state index in [1.54, 1.807) is 12.1 Å². The lowest BCUT2D eigenvalue weighted by molar-refractivity contribution is -0.115. The van der Waals surface area contributed by atoms with Crippen LogP contribution in [-0.4, -0.2) is 20.9 Å². The van der Waals surface area contributed by atoms with Gasteiger partial charge < -0.3 is 10.3 Å². The number of thioether (sulfide) groups is 1. The summed E-state index contributed by atoms with van der Waals surface area (Å²) in [5, 5.41) is 3.70. The maximum atomic E-state index is 13.0. The first-order chi connectivity index (χ1) is 14.5. The number of hydrogen-bond acceptors (Lipinski definition) is 6. The van der Waals surface area contributed by atoms with Gasteiger partial charge in [-0.3, -0.25) is 9.59 Å². The molecule has 2 aromatic carbocycles. The SMILES string of the molecule is Cc1cccc2sc(NC(=O)Cc3cc(=O)[nH]c(SCc4ccc(F)cc4)n3)nc12. The third kappa shape index (κ3) is 4.92. The van der Waals surface area contributed by atoms with Gasteiger partial charge in [0.25, 0.3) is 5.56 Å². The molecule has 4 aromatic rings. The van der Waals surface area contributed by atoms with E-state index in [0.29, 0.717) is 21.7 Å². The molecule has 0 unspecified atom stereocenters. The van der Waals surface area contributed by atoms with Crippen molar-refractivity contribution in [3.63, 3.8) is 0 Å². The van der Waals surface area contributed by atoms with E-state index in [1.807, 2.05) is 25.1 Å². The first-order valence-electron chi connectivity index (χ1n) is 9.10. The Balaban J connectivity index is 1.43. The number of carbonyl (C=O) groups is 1. The molecular weight excluding hydrogens is 423 g/mol. The number of hydrogen-bond donors (Lipinski definition) is 2. The second-order valence-corrected chi connectivity index (χ2v) is 8.62. The van der Waals surface area contributed by atoms with Gasteiger partial charge in [-0.25, -0.2) is 14.4 Å². The second kappa shape index (κ2) is 8.76. The summed E-state index contributed by atoms with van der Waals surface area (Å²) in [6, 6.07) is 13.3. The van der Waals surface area contributed by atoms with Crippen LogP contribution in [0, 0.1) is 12.7 Å². The average Bonchev–Trinajstić information content (AvgIpc) is 3.11. The third-order valence-corrected chi connectivity index (χ3v) is 6.15. The summed E-state index contributed by atoms with van der Waals surface area (Å²) >= 11 is 2.71. The Hall–Kier alpha value is -3.04. The highest BCUT2D eigenvalue weighted by Gasteiger charge is 2.12. The number of para-hydroxylation sites is 1. The van der Waals surface area contributed by atoms with Crippen LogP contribution < -0.4 is 10.9 Å². The van der Waals surface area contributed by atoms with Gasteiger partial charge in [-0.05, 0) is 36.2 Å². The fourth-order valence-electron chi connectivity index (χ4n) is 2.84. The number of H-pyrrole nitrogens is 1. The molecule has 4 rings (SSSR count). The summed E-state index contributed by atoms with van der Waals surface area (Å²) in [6.45, 7) is 1.97. The van der Waals surface area contributed by atoms with Crippen molar-refractivity contribution in [3.05, 3.63) is 81.5 Å². The first kappa shape index (κ1) is 20.2. The van der Waals surface area contributed by atoms with Gasteiger partial charge in [0, 0.05) is 11.8 Å². The van der Waals surface area contributed by atoms with Gasteiger partial charge in [-0.2, -0.15) is 0 Å². The second-order valence-electron chi connectivity index (χ2n) is 6.62. The molecular formula is C21H17FN4O2S2. The van der Waals surface area contributed by atoms with Gasteiger partial charge in [0.05, 0.1) is 22.3 Å². The highest BCUT2D eigenvalue weighted by atomic mass is 32.2. The van der Waals surface area contributed by atoms with Crippen LogP contribution >= 0.6 is 23.1 Å². The van der Waals surface area contributed by atoms with E-state index < -0.39 is 0 Å². The Morgan fingerprint density at radius 1 is 1.20 bits per heavy atom. The summed E-state index contributed by atoms with van der Waals surface area (Å²) in [5.41, 5.74) is 2.85. The predicted molar refractivity (Wildman–Crippen MR) is 118 cm³/mol. The number of carbonyl (C=O) groups excluding carboxylic acids is 1. The Bertz CT molecular complexity index is 1270. The van der Waals surface area contributed by atoms with Crippen LogP contribution in [0.1, 0.15) is 16.8 Å². The fourth-order valence-corrected chi connectivity index (χ4v) is 4.65. The molecule has 0 aliphatic rings. The number of thiazole rings is 1. The van der Waals surface area contributed by atoms with E-state index in [9.17, 15) is 14.0 Å². The van der Waals surface area contributed by atoms with E-state index in [1.165, 1.54) is 41.3 Å². The van der Waals surface area contributed by atoms with E-state index in [-0.39, 0.29) is 23.7 Å². The van der Waals surface area contributed by atoms with Gasteiger partial charge in [0.2, 0.25) is 5.91 Å². The Morgan fingerprint density at radius 2 is 2.00 bits per heavy atom. The molecule has 1 amide bonds. The lowest BCUT2D eigenvalue weighted by Gasteiger charge is -2.05. The quantitative estimate of drug-likeness (QED) is 0.345. The molecule has 2 N–H and O–H groups in total. The van der Waals surface area contributed by atoms with Crippen LogP contribution in [0.2, 0.25) is 0 Å². The Labute approximate surface area is 179 Å². The fraction of sp³-hybridized carbons (Fsp3) is 0.143. The highest BCUT2D eigenvalue weighted by Crippen LogP contribution is 2.28. The molecule has 0 aliphatic heterocycles. The Morgan fingerprint density at radius 3 is 2.77 bits per heavy atom. The highest BCUT2D eigenvalue weighted by molar-refractivity contribution is 7.98. The number of anilines is 1. The van der Waals surface area contributed by atoms with Gasteiger partial charge in [0.15, 0.2) is 10.3 Å². The van der Waals surface area contributed by atoms with Crippen molar-refractivity contribution in [2.45, 2.75) is 24.3 Å². The van der Waals surface area contributed by atoms with Gasteiger partial charge >= 0.3 is 0 Å². The van der Waals surface area contributed by atoms with Crippen molar-refractivity contribution in [1.82, 2.24) is 15.0 Å². The molecule has 0 fully saturated rings. The number of halogens is 1. The van der Waals surface area contributed by atoms with Crippen molar-refractivity contribution < 1.29 is 9.18 Å². The van der Waals surface area contributed by atoms with Crippen molar-refractivity contribution >= 4 is 44.4 Å². The molecule has 0 atom stereocenters. The zero-order valence-corrected chi connectivity index (χ0v) is 17.6. The average molecular weight is 441 g/mol. The zero-order valence-electron chi connectivity index (χ0n) is 15.9. The molecule has 0 bridgehead atoms. The third-order valence-electron chi connectivity index (χ3n) is 4.27. The van der Waals surface area contributed by atoms with Crippen molar-refractivity contribution in [1.29, 1.82) is 0 Å². The normalized spacial score (nSPS) is 11.0. The molecule has 9 heteroatoms. The van der Waals surface area contributed by atoms with Crippen molar-refractivity contribution in [3.8, 4) is 0 Å². The number of fused-ring (bicyclic) bond motifs is 1. The van der Waals surface area contributed by atoms with Gasteiger partial charge in [0.1, 0.15) is 5.82 Å². The van der Waals surface area contributed by atoms with E-state index in [4.69, 9.17) is 0 Å². The summed E-state index contributed by atoms with van der Waals surface area (Å²) in [5.74, 6) is -0.0740. The monoisotopic (exact) mass is 440 g/mol. The number of benzene rings is 2. The minimum atomic E-state index is -0.329. The topological polar surface area (TPSA) is 87.7 Å². The number of aromatic nitrogens is 3. The number of nitrogens with zero attached hydrogens (tertiary/aromatic N) is 2. The van der Waals surface area contributed by atoms with Crippen LogP contribution in [0.5, 0.6) is 0 Å². The molecule has 6 nitrogen and oxygen atoms in total. The molecule has 0 spiro atoms. The molecule has 2 aromatic heterocycles. The summed E-state index contributed by atoms with van der Waals surface area (Å²) in [7, 11) is 0. The predicted octanol–water partition coefficient (Wildman–Crippen LogP) is 4.30. The molecule has 0 saturated heterocycles. The van der Waals surface area contributed by atoms with Crippen LogP contribution in [0.15, 0.2) is 58.5 Å². The van der Waals surface area contributed by atoms with Crippen molar-refractivity contribution in [2.75, 3.05) is 5.32 Å². The molecule has 0 aliphatic carbocycles. The molecule has 0 saturated carbocycles. The lowest BCUT2D eigenvalue weighted by atomic mass is 10.2. The molecule has 2 heterocycles. The van der Waals surface area contributed by atoms with E-state index >= 15 is 0 Å². The van der Waals surface area contributed by atoms with Crippen LogP contribution in [0.3, 0.4) is 0 Å². The van der Waals surface area contributed by atoms with Gasteiger partial charge in [-0.15, -0.1) is 0 Å². The minimum absolute atomic E-state index is 0.0388. The van der Waals surface area contributed by atoms with Crippen LogP contribution in [0.25, 0.3) is 10.2 Å². The smallest absolute Gasteiger partial charge is 0.251 e. The lowest BCUT2D eigenvalue weighted by Crippen LogP contribution is -2.18. The Kier molecular flexibility index (Phi) is 5.91. The molecule has 152 valence electrons. The number of nitrogens with one attached hydrogen (secondary N) is 2. The maximum Gasteiger partial charge on any atom is 0.251 e. The minimum Gasteiger partial charge on any atom is -0.302 e. The van der Waals surface area contributed by atoms with Crippen LogP contribution in [-0.2, 0) is 17.0 Å². The summed E-state index contributed by atoms with van der Waals surface area (Å²) < 4.78 is 14.0. The first-order valence-corrected chi connectivity index (χ1v) is 10.9.